The molecule has 0 amide bonds. The highest BCUT2D eigenvalue weighted by molar-refractivity contribution is 5.02. The summed E-state index contributed by atoms with van der Waals surface area (Å²) in [5.41, 5.74) is 0.0323. The smallest absolute Gasteiger partial charge is 0.0689 e. The molecule has 0 saturated heterocycles. The summed E-state index contributed by atoms with van der Waals surface area (Å²) in [4.78, 5) is 0. The van der Waals surface area contributed by atoms with E-state index in [0.717, 1.165) is 30.6 Å². The average molecular weight is 247 g/mol. The summed E-state index contributed by atoms with van der Waals surface area (Å²) in [7, 11) is 0. The number of nitrogens with zero attached hydrogens (tertiary/aromatic N) is 1. The Bertz CT molecular complexity index is 295. The lowest BCUT2D eigenvalue weighted by molar-refractivity contribution is 0.108. The lowest BCUT2D eigenvalue weighted by Gasteiger charge is -2.41. The molecule has 1 nitrogen and oxygen atoms in total. The van der Waals surface area contributed by atoms with Gasteiger partial charge in [0.1, 0.15) is 0 Å². The lowest BCUT2D eigenvalue weighted by atomic mass is 9.63. The first-order valence-electron chi connectivity index (χ1n) is 8.14. The van der Waals surface area contributed by atoms with Gasteiger partial charge in [-0.25, -0.2) is 0 Å². The molecule has 0 bridgehead atoms. The van der Waals surface area contributed by atoms with E-state index in [4.69, 9.17) is 0 Å². The molecule has 0 N–H and O–H groups in total. The topological polar surface area (TPSA) is 23.8 Å². The van der Waals surface area contributed by atoms with Gasteiger partial charge >= 0.3 is 0 Å². The van der Waals surface area contributed by atoms with E-state index in [9.17, 15) is 5.26 Å². The maximum atomic E-state index is 9.49. The van der Waals surface area contributed by atoms with Crippen molar-refractivity contribution in [1.82, 2.24) is 0 Å². The first kappa shape index (κ1) is 13.9. The van der Waals surface area contributed by atoms with Gasteiger partial charge < -0.3 is 0 Å². The second kappa shape index (κ2) is 6.09. The first-order valence-corrected chi connectivity index (χ1v) is 8.14. The van der Waals surface area contributed by atoms with E-state index >= 15 is 0 Å². The standard InChI is InChI=1S/C17H29N/c1-3-14-7-9-15(10-8-14)16-6-5-11-17(4-2,12-16)13-18/h14-16H,3-12H2,1-2H3. The highest BCUT2D eigenvalue weighted by atomic mass is 14.4. The van der Waals surface area contributed by atoms with Crippen LogP contribution in [0.15, 0.2) is 0 Å². The van der Waals surface area contributed by atoms with Gasteiger partial charge in [-0.1, -0.05) is 46.0 Å². The molecule has 102 valence electrons. The van der Waals surface area contributed by atoms with Crippen LogP contribution in [0.25, 0.3) is 0 Å². The van der Waals surface area contributed by atoms with Crippen LogP contribution in [-0.4, -0.2) is 0 Å². The van der Waals surface area contributed by atoms with Crippen molar-refractivity contribution < 1.29 is 0 Å². The number of hydrogen-bond donors (Lipinski definition) is 0. The second-order valence-electron chi connectivity index (χ2n) is 6.79. The molecule has 0 spiro atoms. The van der Waals surface area contributed by atoms with E-state index in [-0.39, 0.29) is 5.41 Å². The average Bonchev–Trinajstić information content (AvgIpc) is 2.47. The Balaban J connectivity index is 1.92. The van der Waals surface area contributed by atoms with Crippen LogP contribution in [0.2, 0.25) is 0 Å². The van der Waals surface area contributed by atoms with Crippen molar-refractivity contribution in [3.63, 3.8) is 0 Å². The van der Waals surface area contributed by atoms with Gasteiger partial charge in [0.2, 0.25) is 0 Å². The summed E-state index contributed by atoms with van der Waals surface area (Å²) in [5.74, 6) is 2.79. The molecule has 2 rings (SSSR count). The Morgan fingerprint density at radius 2 is 1.78 bits per heavy atom. The predicted molar refractivity (Wildman–Crippen MR) is 76.0 cm³/mol. The van der Waals surface area contributed by atoms with E-state index in [1.807, 2.05) is 0 Å². The molecule has 2 fully saturated rings. The van der Waals surface area contributed by atoms with Crippen molar-refractivity contribution in [1.29, 1.82) is 5.26 Å². The van der Waals surface area contributed by atoms with Crippen molar-refractivity contribution in [3.05, 3.63) is 0 Å². The third-order valence-corrected chi connectivity index (χ3v) is 5.93. The zero-order chi connectivity index (χ0) is 13.0. The second-order valence-corrected chi connectivity index (χ2v) is 6.79. The van der Waals surface area contributed by atoms with Gasteiger partial charge in [-0.05, 0) is 49.9 Å². The number of rotatable bonds is 3. The fraction of sp³-hybridized carbons (Fsp3) is 0.941. The summed E-state index contributed by atoms with van der Waals surface area (Å²) < 4.78 is 0. The molecule has 2 unspecified atom stereocenters. The molecule has 0 aliphatic heterocycles. The molecule has 0 aromatic rings. The molecule has 0 radical (unpaired) electrons. The van der Waals surface area contributed by atoms with Gasteiger partial charge in [0.05, 0.1) is 11.5 Å². The fourth-order valence-corrected chi connectivity index (χ4v) is 4.38. The van der Waals surface area contributed by atoms with Gasteiger partial charge in [-0.2, -0.15) is 5.26 Å². The monoisotopic (exact) mass is 247 g/mol. The van der Waals surface area contributed by atoms with Gasteiger partial charge in [0, 0.05) is 0 Å². The van der Waals surface area contributed by atoms with Crippen molar-refractivity contribution >= 4 is 0 Å². The molecule has 1 heteroatoms. The molecule has 2 atom stereocenters. The Morgan fingerprint density at radius 1 is 1.06 bits per heavy atom. The first-order chi connectivity index (χ1) is 8.73. The van der Waals surface area contributed by atoms with Crippen LogP contribution in [0.5, 0.6) is 0 Å². The number of nitriles is 1. The highest BCUT2D eigenvalue weighted by Gasteiger charge is 2.38. The van der Waals surface area contributed by atoms with Crippen molar-refractivity contribution in [2.24, 2.45) is 23.2 Å². The normalized spacial score (nSPS) is 41.3. The maximum absolute atomic E-state index is 9.49. The zero-order valence-electron chi connectivity index (χ0n) is 12.3. The van der Waals surface area contributed by atoms with Crippen LogP contribution in [0.1, 0.15) is 78.1 Å². The molecule has 0 aromatic carbocycles. The van der Waals surface area contributed by atoms with Crippen LogP contribution in [-0.2, 0) is 0 Å². The Hall–Kier alpha value is -0.510. The van der Waals surface area contributed by atoms with E-state index in [1.54, 1.807) is 0 Å². The molecule has 0 heterocycles. The SMILES string of the molecule is CCC1CCC(C2CCCC(C#N)(CC)C2)CC1. The quantitative estimate of drug-likeness (QED) is 0.662. The third kappa shape index (κ3) is 2.90. The van der Waals surface area contributed by atoms with Crippen LogP contribution < -0.4 is 0 Å². The number of hydrogen-bond acceptors (Lipinski definition) is 1. The van der Waals surface area contributed by atoms with E-state index in [1.165, 1.54) is 51.4 Å². The summed E-state index contributed by atoms with van der Waals surface area (Å²) in [6.45, 7) is 4.54. The molecular weight excluding hydrogens is 218 g/mol. The summed E-state index contributed by atoms with van der Waals surface area (Å²) >= 11 is 0. The van der Waals surface area contributed by atoms with Gasteiger partial charge in [-0.3, -0.25) is 0 Å². The zero-order valence-corrected chi connectivity index (χ0v) is 12.3. The largest absolute Gasteiger partial charge is 0.198 e. The molecular formula is C17H29N. The highest BCUT2D eigenvalue weighted by Crippen LogP contribution is 2.47. The Kier molecular flexibility index (Phi) is 4.71. The van der Waals surface area contributed by atoms with Crippen LogP contribution >= 0.6 is 0 Å². The molecule has 18 heavy (non-hydrogen) atoms. The van der Waals surface area contributed by atoms with Crippen molar-refractivity contribution in [2.45, 2.75) is 78.1 Å². The van der Waals surface area contributed by atoms with Crippen LogP contribution in [0.3, 0.4) is 0 Å². The van der Waals surface area contributed by atoms with E-state index in [2.05, 4.69) is 19.9 Å². The molecule has 2 aliphatic carbocycles. The summed E-state index contributed by atoms with van der Waals surface area (Å²) in [5, 5.41) is 9.49. The summed E-state index contributed by atoms with van der Waals surface area (Å²) in [6, 6.07) is 2.66. The van der Waals surface area contributed by atoms with Gasteiger partial charge in [0.25, 0.3) is 0 Å². The van der Waals surface area contributed by atoms with Crippen molar-refractivity contribution in [3.8, 4) is 6.07 Å². The Labute approximate surface area is 113 Å². The molecule has 2 saturated carbocycles. The molecule has 2 aliphatic rings. The van der Waals surface area contributed by atoms with E-state index in [0.29, 0.717) is 0 Å². The van der Waals surface area contributed by atoms with Crippen LogP contribution in [0, 0.1) is 34.5 Å². The minimum Gasteiger partial charge on any atom is -0.198 e. The minimum absolute atomic E-state index is 0.0323. The van der Waals surface area contributed by atoms with Crippen LogP contribution in [0.4, 0.5) is 0 Å². The Morgan fingerprint density at radius 3 is 2.33 bits per heavy atom. The van der Waals surface area contributed by atoms with Gasteiger partial charge in [-0.15, -0.1) is 0 Å². The third-order valence-electron chi connectivity index (χ3n) is 5.93. The van der Waals surface area contributed by atoms with Gasteiger partial charge in [0.15, 0.2) is 0 Å². The summed E-state index contributed by atoms with van der Waals surface area (Å²) in [6.07, 6.45) is 13.2. The lowest BCUT2D eigenvalue weighted by Crippen LogP contribution is -2.32. The van der Waals surface area contributed by atoms with E-state index < -0.39 is 0 Å². The maximum Gasteiger partial charge on any atom is 0.0689 e. The predicted octanol–water partition coefficient (Wildman–Crippen LogP) is 5.31. The van der Waals surface area contributed by atoms with Crippen molar-refractivity contribution in [2.75, 3.05) is 0 Å². The minimum atomic E-state index is 0.0323. The molecule has 0 aromatic heterocycles. The fourth-order valence-electron chi connectivity index (χ4n) is 4.38.